The first-order chi connectivity index (χ1) is 8.67. The minimum Gasteiger partial charge on any atom is -0.353 e. The molecule has 0 saturated carbocycles. The maximum absolute atomic E-state index is 4.45. The van der Waals surface area contributed by atoms with Crippen LogP contribution in [0.4, 0.5) is 5.82 Å². The number of aromatic nitrogens is 1. The smallest absolute Gasteiger partial charge is 0.129 e. The Labute approximate surface area is 111 Å². The number of anilines is 1. The molecule has 1 aromatic rings. The molecule has 0 aliphatic heterocycles. The molecule has 1 rings (SSSR count). The van der Waals surface area contributed by atoms with Crippen LogP contribution in [0.5, 0.6) is 0 Å². The van der Waals surface area contributed by atoms with E-state index in [1.807, 2.05) is 12.3 Å². The molecule has 0 radical (unpaired) electrons. The van der Waals surface area contributed by atoms with Gasteiger partial charge in [0.05, 0.1) is 0 Å². The summed E-state index contributed by atoms with van der Waals surface area (Å²) >= 11 is 0. The quantitative estimate of drug-likeness (QED) is 0.716. The number of nitrogens with zero attached hydrogens (tertiary/aromatic N) is 2. The molecule has 0 aliphatic carbocycles. The minimum atomic E-state index is 0.501. The largest absolute Gasteiger partial charge is 0.353 e. The molecule has 1 heterocycles. The van der Waals surface area contributed by atoms with Crippen molar-refractivity contribution in [3.63, 3.8) is 0 Å². The minimum absolute atomic E-state index is 0.501. The summed E-state index contributed by atoms with van der Waals surface area (Å²) in [6, 6.07) is 4.73. The van der Waals surface area contributed by atoms with E-state index in [-0.39, 0.29) is 0 Å². The summed E-state index contributed by atoms with van der Waals surface area (Å²) in [7, 11) is 0. The van der Waals surface area contributed by atoms with Crippen molar-refractivity contribution in [2.75, 3.05) is 18.0 Å². The van der Waals surface area contributed by atoms with Gasteiger partial charge in [0.2, 0.25) is 0 Å². The van der Waals surface area contributed by atoms with Gasteiger partial charge < -0.3 is 10.2 Å². The molecule has 0 fully saturated rings. The van der Waals surface area contributed by atoms with Gasteiger partial charge in [-0.25, -0.2) is 4.98 Å². The third-order valence-electron chi connectivity index (χ3n) is 2.69. The Morgan fingerprint density at radius 2 is 2.28 bits per heavy atom. The molecule has 1 N–H and O–H groups in total. The topological polar surface area (TPSA) is 28.2 Å². The highest BCUT2D eigenvalue weighted by Gasteiger charge is 2.06. The highest BCUT2D eigenvalue weighted by Crippen LogP contribution is 2.13. The van der Waals surface area contributed by atoms with Gasteiger partial charge in [-0.05, 0) is 24.1 Å². The van der Waals surface area contributed by atoms with Crippen molar-refractivity contribution in [1.29, 1.82) is 0 Å². The van der Waals surface area contributed by atoms with Gasteiger partial charge in [-0.3, -0.25) is 0 Å². The Hall–Kier alpha value is -1.35. The van der Waals surface area contributed by atoms with Gasteiger partial charge in [0.25, 0.3) is 0 Å². The molecule has 3 nitrogen and oxygen atoms in total. The van der Waals surface area contributed by atoms with Crippen molar-refractivity contribution < 1.29 is 0 Å². The second kappa shape index (κ2) is 7.88. The molecule has 1 aromatic heterocycles. The lowest BCUT2D eigenvalue weighted by Crippen LogP contribution is -2.26. The van der Waals surface area contributed by atoms with Crippen LogP contribution in [-0.2, 0) is 6.54 Å². The van der Waals surface area contributed by atoms with Gasteiger partial charge in [0, 0.05) is 31.9 Å². The predicted octanol–water partition coefficient (Wildman–Crippen LogP) is 2.98. The van der Waals surface area contributed by atoms with Crippen molar-refractivity contribution in [3.05, 3.63) is 36.5 Å². The summed E-state index contributed by atoms with van der Waals surface area (Å²) in [5.74, 6) is 1.04. The van der Waals surface area contributed by atoms with Gasteiger partial charge >= 0.3 is 0 Å². The Bertz CT molecular complexity index is 361. The summed E-state index contributed by atoms with van der Waals surface area (Å²) in [4.78, 5) is 6.71. The van der Waals surface area contributed by atoms with E-state index in [1.165, 1.54) is 5.56 Å². The normalized spacial score (nSPS) is 10.7. The van der Waals surface area contributed by atoms with E-state index in [1.54, 1.807) is 0 Å². The maximum atomic E-state index is 4.45. The highest BCUT2D eigenvalue weighted by molar-refractivity contribution is 5.41. The fourth-order valence-electron chi connectivity index (χ4n) is 1.79. The van der Waals surface area contributed by atoms with Gasteiger partial charge in [0.1, 0.15) is 5.82 Å². The fourth-order valence-corrected chi connectivity index (χ4v) is 1.79. The van der Waals surface area contributed by atoms with Crippen molar-refractivity contribution >= 4 is 5.82 Å². The molecule has 0 saturated heterocycles. The molecule has 0 amide bonds. The summed E-state index contributed by atoms with van der Waals surface area (Å²) in [5, 5.41) is 3.43. The van der Waals surface area contributed by atoms with Crippen molar-refractivity contribution in [3.8, 4) is 0 Å². The first-order valence-electron chi connectivity index (χ1n) is 6.71. The molecular weight excluding hydrogens is 222 g/mol. The van der Waals surface area contributed by atoms with Crippen molar-refractivity contribution in [1.82, 2.24) is 10.3 Å². The number of hydrogen-bond acceptors (Lipinski definition) is 3. The Kier molecular flexibility index (Phi) is 6.44. The third kappa shape index (κ3) is 4.88. The standard InChI is InChI=1S/C15H25N3/c1-5-9-18(10-6-2)15-11-14(7-8-16-15)12-17-13(3)4/h5,7-8,11,13,17H,1,6,9-10,12H2,2-4H3. The number of hydrogen-bond donors (Lipinski definition) is 1. The molecule has 18 heavy (non-hydrogen) atoms. The van der Waals surface area contributed by atoms with E-state index in [4.69, 9.17) is 0 Å². The molecule has 0 unspecified atom stereocenters. The molecular formula is C15H25N3. The Balaban J connectivity index is 2.74. The molecule has 0 bridgehead atoms. The number of nitrogens with one attached hydrogen (secondary N) is 1. The van der Waals surface area contributed by atoms with E-state index in [9.17, 15) is 0 Å². The molecule has 0 atom stereocenters. The second-order valence-electron chi connectivity index (χ2n) is 4.79. The average molecular weight is 247 g/mol. The predicted molar refractivity (Wildman–Crippen MR) is 78.9 cm³/mol. The summed E-state index contributed by atoms with van der Waals surface area (Å²) < 4.78 is 0. The van der Waals surface area contributed by atoms with Gasteiger partial charge in [-0.1, -0.05) is 26.8 Å². The van der Waals surface area contributed by atoms with Crippen LogP contribution in [0.2, 0.25) is 0 Å². The van der Waals surface area contributed by atoms with E-state index in [2.05, 4.69) is 54.7 Å². The van der Waals surface area contributed by atoms with E-state index in [0.717, 1.165) is 31.9 Å². The first kappa shape index (κ1) is 14.7. The average Bonchev–Trinajstić information content (AvgIpc) is 2.36. The van der Waals surface area contributed by atoms with E-state index < -0.39 is 0 Å². The van der Waals surface area contributed by atoms with Crippen LogP contribution >= 0.6 is 0 Å². The molecule has 100 valence electrons. The van der Waals surface area contributed by atoms with E-state index in [0.29, 0.717) is 6.04 Å². The molecule has 0 spiro atoms. The molecule has 0 aromatic carbocycles. The van der Waals surface area contributed by atoms with E-state index >= 15 is 0 Å². The third-order valence-corrected chi connectivity index (χ3v) is 2.69. The Morgan fingerprint density at radius 1 is 1.50 bits per heavy atom. The Morgan fingerprint density at radius 3 is 2.89 bits per heavy atom. The first-order valence-corrected chi connectivity index (χ1v) is 6.71. The lowest BCUT2D eigenvalue weighted by molar-refractivity contribution is 0.588. The molecule has 3 heteroatoms. The van der Waals surface area contributed by atoms with Crippen LogP contribution < -0.4 is 10.2 Å². The van der Waals surface area contributed by atoms with Gasteiger partial charge in [0.15, 0.2) is 0 Å². The monoisotopic (exact) mass is 247 g/mol. The van der Waals surface area contributed by atoms with Crippen LogP contribution in [0, 0.1) is 0 Å². The summed E-state index contributed by atoms with van der Waals surface area (Å²) in [6.45, 7) is 13.1. The van der Waals surface area contributed by atoms with Gasteiger partial charge in [-0.2, -0.15) is 0 Å². The lowest BCUT2D eigenvalue weighted by atomic mass is 10.2. The second-order valence-corrected chi connectivity index (χ2v) is 4.79. The fraction of sp³-hybridized carbons (Fsp3) is 0.533. The zero-order valence-corrected chi connectivity index (χ0v) is 11.8. The van der Waals surface area contributed by atoms with Gasteiger partial charge in [-0.15, -0.1) is 6.58 Å². The van der Waals surface area contributed by atoms with Crippen LogP contribution in [0.3, 0.4) is 0 Å². The zero-order valence-electron chi connectivity index (χ0n) is 11.8. The maximum Gasteiger partial charge on any atom is 0.129 e. The highest BCUT2D eigenvalue weighted by atomic mass is 15.2. The summed E-state index contributed by atoms with van der Waals surface area (Å²) in [5.41, 5.74) is 1.28. The van der Waals surface area contributed by atoms with Crippen molar-refractivity contribution in [2.24, 2.45) is 0 Å². The SMILES string of the molecule is C=CCN(CCC)c1cc(CNC(C)C)ccn1. The summed E-state index contributed by atoms with van der Waals surface area (Å²) in [6.07, 6.45) is 4.93. The van der Waals surface area contributed by atoms with Crippen LogP contribution in [0.15, 0.2) is 31.0 Å². The van der Waals surface area contributed by atoms with Crippen LogP contribution in [-0.4, -0.2) is 24.1 Å². The van der Waals surface area contributed by atoms with Crippen LogP contribution in [0.25, 0.3) is 0 Å². The van der Waals surface area contributed by atoms with Crippen molar-refractivity contribution in [2.45, 2.75) is 39.8 Å². The molecule has 0 aliphatic rings. The number of pyridine rings is 1. The number of rotatable bonds is 8. The lowest BCUT2D eigenvalue weighted by Gasteiger charge is -2.22. The zero-order chi connectivity index (χ0) is 13.4. The van der Waals surface area contributed by atoms with Crippen LogP contribution in [0.1, 0.15) is 32.8 Å².